The van der Waals surface area contributed by atoms with Crippen LogP contribution in [0.4, 0.5) is 5.82 Å². The van der Waals surface area contributed by atoms with E-state index < -0.39 is 52.2 Å². The first-order chi connectivity index (χ1) is 24.7. The van der Waals surface area contributed by atoms with E-state index in [2.05, 4.69) is 21.0 Å². The Morgan fingerprint density at radius 3 is 2.25 bits per heavy atom. The van der Waals surface area contributed by atoms with Crippen LogP contribution in [0.15, 0.2) is 30.5 Å². The van der Waals surface area contributed by atoms with Gasteiger partial charge in [-0.15, -0.1) is 6.42 Å². The second-order valence-corrected chi connectivity index (χ2v) is 16.2. The summed E-state index contributed by atoms with van der Waals surface area (Å²) in [4.78, 5) is 38.7. The van der Waals surface area contributed by atoms with Gasteiger partial charge in [-0.2, -0.15) is 15.1 Å². The summed E-state index contributed by atoms with van der Waals surface area (Å²) >= 11 is 13.0. The fourth-order valence-corrected chi connectivity index (χ4v) is 8.26. The molecule has 18 nitrogen and oxygen atoms in total. The minimum absolute atomic E-state index is 0.123. The molecule has 5 N–H and O–H groups in total. The number of hydrogen-bond donors (Lipinski definition) is 5. The minimum Gasteiger partial charge on any atom is -0.387 e. The Hall–Kier alpha value is -2.27. The predicted octanol–water partition coefficient (Wildman–Crippen LogP) is 2.36. The number of aromatic nitrogens is 4. The third kappa shape index (κ3) is 12.1. The van der Waals surface area contributed by atoms with Crippen molar-refractivity contribution in [3.05, 3.63) is 46.3 Å². The number of nitrogens with zero attached hydrogens (tertiary/aromatic N) is 5. The molecule has 6 atom stereocenters. The lowest BCUT2D eigenvalue weighted by Gasteiger charge is -2.31. The van der Waals surface area contributed by atoms with Crippen molar-refractivity contribution in [1.29, 1.82) is 0 Å². The van der Waals surface area contributed by atoms with E-state index in [1.165, 1.54) is 10.9 Å². The van der Waals surface area contributed by atoms with Crippen LogP contribution in [0.3, 0.4) is 0 Å². The van der Waals surface area contributed by atoms with Gasteiger partial charge in [0.2, 0.25) is 5.28 Å². The average molecular weight is 813 g/mol. The molecule has 0 amide bonds. The molecule has 0 aliphatic carbocycles. The van der Waals surface area contributed by atoms with E-state index in [0.29, 0.717) is 62.4 Å². The SMILES string of the molecule is C#CCOCCOCCOCCOCCN(c1nc(Cl)nc2c1cnn2[C@@H]1O[C@H](COP(=O)(O)CP(=O)(O)O)[C@@H](O)[C@H]1O)[C@@H](C)c1ccccc1Cl. The van der Waals surface area contributed by atoms with Crippen molar-refractivity contribution in [3.63, 3.8) is 0 Å². The maximum absolute atomic E-state index is 12.1. The molecule has 1 fully saturated rings. The Bertz CT molecular complexity index is 1740. The molecule has 3 heterocycles. The molecule has 22 heteroatoms. The van der Waals surface area contributed by atoms with Crippen molar-refractivity contribution >= 4 is 55.2 Å². The molecule has 3 aromatic rings. The van der Waals surface area contributed by atoms with Gasteiger partial charge >= 0.3 is 15.2 Å². The quantitative estimate of drug-likeness (QED) is 0.0424. The summed E-state index contributed by atoms with van der Waals surface area (Å²) in [6, 6.07) is 6.93. The zero-order chi connectivity index (χ0) is 37.9. The number of fused-ring (bicyclic) bond motifs is 1. The lowest BCUT2D eigenvalue weighted by molar-refractivity contribution is -0.0541. The van der Waals surface area contributed by atoms with Gasteiger partial charge < -0.3 is 58.0 Å². The molecule has 1 unspecified atom stereocenters. The Kier molecular flexibility index (Phi) is 16.2. The summed E-state index contributed by atoms with van der Waals surface area (Å²) in [5.74, 6) is 1.30. The van der Waals surface area contributed by atoms with Gasteiger partial charge in [-0.3, -0.25) is 9.13 Å². The van der Waals surface area contributed by atoms with Crippen LogP contribution >= 0.6 is 38.4 Å². The van der Waals surface area contributed by atoms with E-state index in [1.807, 2.05) is 30.0 Å². The smallest absolute Gasteiger partial charge is 0.340 e. The first kappa shape index (κ1) is 42.5. The number of aliphatic hydroxyl groups is 2. The highest BCUT2D eigenvalue weighted by molar-refractivity contribution is 7.70. The number of aliphatic hydroxyl groups excluding tert-OH is 2. The van der Waals surface area contributed by atoms with Gasteiger partial charge in [0.1, 0.15) is 30.7 Å². The van der Waals surface area contributed by atoms with Crippen LogP contribution in [0, 0.1) is 12.3 Å². The maximum Gasteiger partial charge on any atom is 0.340 e. The number of ether oxygens (including phenoxy) is 5. The zero-order valence-electron chi connectivity index (χ0n) is 28.0. The fraction of sp³-hybridized carbons (Fsp3) is 0.567. The highest BCUT2D eigenvalue weighted by atomic mass is 35.5. The molecular weight excluding hydrogens is 771 g/mol. The number of terminal acetylenes is 1. The van der Waals surface area contributed by atoms with Crippen molar-refractivity contribution < 1.29 is 62.2 Å². The molecule has 0 spiro atoms. The summed E-state index contributed by atoms with van der Waals surface area (Å²) in [7, 11) is -9.65. The van der Waals surface area contributed by atoms with E-state index in [-0.39, 0.29) is 30.2 Å². The van der Waals surface area contributed by atoms with Crippen molar-refractivity contribution in [2.75, 3.05) is 76.8 Å². The lowest BCUT2D eigenvalue weighted by atomic mass is 10.1. The van der Waals surface area contributed by atoms with E-state index >= 15 is 0 Å². The van der Waals surface area contributed by atoms with Crippen LogP contribution in [0.25, 0.3) is 11.0 Å². The largest absolute Gasteiger partial charge is 0.387 e. The Morgan fingerprint density at radius 1 is 0.981 bits per heavy atom. The summed E-state index contributed by atoms with van der Waals surface area (Å²) in [5, 5.41) is 26.6. The summed E-state index contributed by atoms with van der Waals surface area (Å²) in [5.41, 5.74) is 0.908. The molecule has 1 aromatic carbocycles. The van der Waals surface area contributed by atoms with Crippen LogP contribution < -0.4 is 4.90 Å². The Labute approximate surface area is 309 Å². The monoisotopic (exact) mass is 811 g/mol. The number of hydrogen-bond acceptors (Lipinski definition) is 14. The minimum atomic E-state index is -4.89. The van der Waals surface area contributed by atoms with E-state index in [4.69, 9.17) is 67.6 Å². The second-order valence-electron chi connectivity index (χ2n) is 11.4. The van der Waals surface area contributed by atoms with Gasteiger partial charge in [0.15, 0.2) is 17.8 Å². The maximum atomic E-state index is 12.1. The van der Waals surface area contributed by atoms with Crippen LogP contribution in [0.1, 0.15) is 24.8 Å². The Morgan fingerprint density at radius 2 is 1.62 bits per heavy atom. The third-order valence-electron chi connectivity index (χ3n) is 7.66. The highest BCUT2D eigenvalue weighted by Crippen LogP contribution is 2.55. The topological polar surface area (TPSA) is 238 Å². The van der Waals surface area contributed by atoms with E-state index in [9.17, 15) is 24.2 Å². The molecule has 0 radical (unpaired) electrons. The van der Waals surface area contributed by atoms with Crippen LogP contribution in [-0.2, 0) is 37.3 Å². The van der Waals surface area contributed by atoms with Crippen LogP contribution in [0.2, 0.25) is 10.3 Å². The predicted molar refractivity (Wildman–Crippen MR) is 188 cm³/mol. The van der Waals surface area contributed by atoms with Gasteiger partial charge in [-0.1, -0.05) is 35.7 Å². The summed E-state index contributed by atoms with van der Waals surface area (Å²) < 4.78 is 57.0. The molecular formula is C30H41Cl2N5O13P2. The molecule has 0 saturated carbocycles. The lowest BCUT2D eigenvalue weighted by Crippen LogP contribution is -2.34. The van der Waals surface area contributed by atoms with E-state index in [1.54, 1.807) is 6.07 Å². The zero-order valence-corrected chi connectivity index (χ0v) is 31.3. The van der Waals surface area contributed by atoms with Crippen LogP contribution in [-0.4, -0.2) is 135 Å². The fourth-order valence-electron chi connectivity index (χ4n) is 5.24. The number of anilines is 1. The normalized spacial score (nSPS) is 20.9. The number of rotatable bonds is 22. The number of halogens is 2. The van der Waals surface area contributed by atoms with Gasteiger partial charge in [0, 0.05) is 11.6 Å². The second kappa shape index (κ2) is 19.9. The summed E-state index contributed by atoms with van der Waals surface area (Å²) in [6.45, 7) is 4.13. The first-order valence-electron chi connectivity index (χ1n) is 15.9. The first-order valence-corrected chi connectivity index (χ1v) is 20.2. The molecule has 1 saturated heterocycles. The molecule has 52 heavy (non-hydrogen) atoms. The molecule has 4 rings (SSSR count). The molecule has 0 bridgehead atoms. The van der Waals surface area contributed by atoms with Gasteiger partial charge in [0.05, 0.1) is 70.5 Å². The summed E-state index contributed by atoms with van der Waals surface area (Å²) in [6.07, 6.45) is 0.545. The standard InChI is InChI=1S/C30H41Cl2N5O13P2/c1-3-9-45-11-13-47-15-16-48-14-12-46-10-8-36(20(2)21-6-4-5-7-23(21)31)27-22-17-33-37(28(22)35-30(32)34-27)29-26(39)25(38)24(50-29)18-49-52(43,44)19-51(40,41)42/h1,4-7,17,20,24-26,29,38-39H,8-16,18-19H2,2H3,(H,43,44)(H2,40,41,42)/t20-,24+,25+,26+,29+/m0/s1. The van der Waals surface area contributed by atoms with Crippen molar-refractivity contribution in [1.82, 2.24) is 19.7 Å². The molecule has 2 aromatic heterocycles. The molecule has 1 aliphatic rings. The van der Waals surface area contributed by atoms with Crippen LogP contribution in [0.5, 0.6) is 0 Å². The average Bonchev–Trinajstić information content (AvgIpc) is 3.62. The highest BCUT2D eigenvalue weighted by Gasteiger charge is 2.46. The molecule has 288 valence electrons. The number of benzene rings is 1. The van der Waals surface area contributed by atoms with Crippen molar-refractivity contribution in [3.8, 4) is 12.3 Å². The van der Waals surface area contributed by atoms with Gasteiger partial charge in [-0.25, -0.2) is 4.68 Å². The van der Waals surface area contributed by atoms with Crippen molar-refractivity contribution in [2.24, 2.45) is 0 Å². The Balaban J connectivity index is 1.47. The van der Waals surface area contributed by atoms with Gasteiger partial charge in [-0.05, 0) is 30.2 Å². The van der Waals surface area contributed by atoms with Crippen molar-refractivity contribution in [2.45, 2.75) is 37.5 Å². The van der Waals surface area contributed by atoms with E-state index in [0.717, 1.165) is 5.56 Å². The third-order valence-corrected chi connectivity index (χ3v) is 11.6. The molecule has 1 aliphatic heterocycles. The van der Waals surface area contributed by atoms with Gasteiger partial charge in [0.25, 0.3) is 0 Å².